The Balaban J connectivity index is -0.000000441. The van der Waals surface area contributed by atoms with Gasteiger partial charge >= 0.3 is 71.1 Å². The van der Waals surface area contributed by atoms with Crippen molar-refractivity contribution in [3.63, 3.8) is 0 Å². The average molecular weight is 394 g/mol. The molecule has 0 saturated carbocycles. The van der Waals surface area contributed by atoms with E-state index in [1.807, 2.05) is 0 Å². The third-order valence-electron chi connectivity index (χ3n) is 3.77. The molecule has 0 spiro atoms. The van der Waals surface area contributed by atoms with Crippen LogP contribution < -0.4 is 64.4 Å². The van der Waals surface area contributed by atoms with E-state index in [9.17, 15) is 19.5 Å². The number of unbranched alkanes of at least 4 members (excludes halogenated alkanes) is 2. The summed E-state index contributed by atoms with van der Waals surface area (Å²) in [5.74, 6) is -2.23. The summed E-state index contributed by atoms with van der Waals surface area (Å²) in [5, 5.41) is 20.8. The van der Waals surface area contributed by atoms with Crippen LogP contribution >= 0.6 is 0 Å². The van der Waals surface area contributed by atoms with Gasteiger partial charge in [-0.3, -0.25) is 14.5 Å². The Kier molecular flexibility index (Phi) is 20.8. The van der Waals surface area contributed by atoms with Gasteiger partial charge in [-0.2, -0.15) is 0 Å². The summed E-state index contributed by atoms with van der Waals surface area (Å²) >= 11 is 0. The minimum Gasteiger partial charge on any atom is -1.00 e. The van der Waals surface area contributed by atoms with Crippen LogP contribution in [0.15, 0.2) is 0 Å². The maximum Gasteiger partial charge on any atom is 1.00 e. The van der Waals surface area contributed by atoms with Crippen molar-refractivity contribution in [2.45, 2.75) is 71.8 Å². The number of carbonyl (C=O) groups excluding carboxylic acids is 1. The summed E-state index contributed by atoms with van der Waals surface area (Å²) in [6.07, 6.45) is 1.55. The number of amides is 1. The topological polar surface area (TPSA) is 116 Å². The Labute approximate surface area is 203 Å². The van der Waals surface area contributed by atoms with Gasteiger partial charge in [0.15, 0.2) is 6.10 Å². The Morgan fingerprint density at radius 2 is 1.65 bits per heavy atom. The number of ether oxygens (including phenoxy) is 1. The summed E-state index contributed by atoms with van der Waals surface area (Å²) in [6, 6.07) is -0.863. The second-order valence-corrected chi connectivity index (χ2v) is 5.77. The fourth-order valence-electron chi connectivity index (χ4n) is 2.21. The first-order chi connectivity index (χ1) is 11.2. The summed E-state index contributed by atoms with van der Waals surface area (Å²) in [4.78, 5) is 35.3. The van der Waals surface area contributed by atoms with Crippen LogP contribution in [0, 0.1) is 0 Å². The van der Waals surface area contributed by atoms with E-state index in [2.05, 4.69) is 12.2 Å². The second kappa shape index (κ2) is 17.4. The molecule has 10 heteroatoms. The Bertz CT molecular complexity index is 436. The monoisotopic (exact) mass is 394 g/mol. The summed E-state index contributed by atoms with van der Waals surface area (Å²) in [7, 11) is 0. The van der Waals surface area contributed by atoms with Crippen molar-refractivity contribution < 1.29 is 91.3 Å². The molecular weight excluding hydrogens is 362 g/mol. The van der Waals surface area contributed by atoms with E-state index in [0.29, 0.717) is 6.42 Å². The second-order valence-electron chi connectivity index (χ2n) is 5.77. The van der Waals surface area contributed by atoms with Gasteiger partial charge in [0.05, 0.1) is 0 Å². The van der Waals surface area contributed by atoms with Crippen LogP contribution in [0.3, 0.4) is 0 Å². The van der Waals surface area contributed by atoms with E-state index in [1.54, 1.807) is 6.92 Å². The fourth-order valence-corrected chi connectivity index (χ4v) is 2.21. The molecule has 26 heavy (non-hydrogen) atoms. The largest absolute Gasteiger partial charge is 1.00 e. The molecule has 0 aromatic heterocycles. The molecule has 0 heterocycles. The number of carboxylic acids is 2. The van der Waals surface area contributed by atoms with Gasteiger partial charge in [-0.1, -0.05) is 19.8 Å². The van der Waals surface area contributed by atoms with Gasteiger partial charge < -0.3 is 23.1 Å². The Morgan fingerprint density at radius 3 is 2.12 bits per heavy atom. The first-order valence-corrected chi connectivity index (χ1v) is 8.34. The van der Waals surface area contributed by atoms with Crippen LogP contribution in [-0.2, 0) is 19.1 Å². The maximum atomic E-state index is 11.7. The van der Waals surface area contributed by atoms with E-state index >= 15 is 0 Å². The zero-order valence-corrected chi connectivity index (χ0v) is 20.9. The number of aliphatic carboxylic acids is 2. The summed E-state index contributed by atoms with van der Waals surface area (Å²) < 4.78 is 5.33. The number of carboxylic acid groups (broad SMARTS) is 2. The summed E-state index contributed by atoms with van der Waals surface area (Å²) in [6.45, 7) is 7.07. The number of carbonyl (C=O) groups is 3. The molecule has 0 fully saturated rings. The molecule has 8 nitrogen and oxygen atoms in total. The minimum atomic E-state index is -1.12. The smallest absolute Gasteiger partial charge is 1.00 e. The predicted molar refractivity (Wildman–Crippen MR) is 90.8 cm³/mol. The van der Waals surface area contributed by atoms with Gasteiger partial charge in [-0.05, 0) is 27.2 Å². The molecule has 3 unspecified atom stereocenters. The normalized spacial score (nSPS) is 13.7. The van der Waals surface area contributed by atoms with Crippen molar-refractivity contribution in [3.8, 4) is 0 Å². The van der Waals surface area contributed by atoms with Gasteiger partial charge in [-0.25, -0.2) is 4.79 Å². The molecular formula is C16H32N2Na2O6. The molecule has 3 N–H and O–H groups in total. The molecule has 0 aliphatic rings. The first-order valence-electron chi connectivity index (χ1n) is 8.34. The molecule has 0 aromatic carbocycles. The molecule has 0 aliphatic heterocycles. The number of rotatable bonds is 13. The van der Waals surface area contributed by atoms with E-state index < -0.39 is 30.3 Å². The number of hydrogen-bond acceptors (Lipinski definition) is 5. The molecule has 144 valence electrons. The fraction of sp³-hybridized carbons (Fsp3) is 0.812. The number of nitrogens with one attached hydrogen (secondary N) is 1. The average Bonchev–Trinajstić information content (AvgIpc) is 2.50. The quantitative estimate of drug-likeness (QED) is 0.164. The van der Waals surface area contributed by atoms with Crippen molar-refractivity contribution in [1.82, 2.24) is 10.2 Å². The Morgan fingerprint density at radius 1 is 1.08 bits per heavy atom. The number of hydrogen-bond donors (Lipinski definition) is 3. The summed E-state index contributed by atoms with van der Waals surface area (Å²) in [5.41, 5.74) is 0. The molecule has 0 rings (SSSR count). The van der Waals surface area contributed by atoms with Crippen molar-refractivity contribution in [2.75, 3.05) is 13.1 Å². The van der Waals surface area contributed by atoms with E-state index in [0.717, 1.165) is 19.3 Å². The predicted octanol–water partition coefficient (Wildman–Crippen LogP) is -4.47. The van der Waals surface area contributed by atoms with Crippen LogP contribution in [0.1, 0.15) is 56.2 Å². The third kappa shape index (κ3) is 13.5. The van der Waals surface area contributed by atoms with Crippen molar-refractivity contribution in [3.05, 3.63) is 0 Å². The minimum absolute atomic E-state index is 0. The molecule has 0 radical (unpaired) electrons. The molecule has 0 aromatic rings. The van der Waals surface area contributed by atoms with Crippen molar-refractivity contribution in [1.29, 1.82) is 0 Å². The van der Waals surface area contributed by atoms with Gasteiger partial charge in [-0.15, -0.1) is 0 Å². The molecule has 0 bridgehead atoms. The van der Waals surface area contributed by atoms with Gasteiger partial charge in [0.2, 0.25) is 5.91 Å². The SMILES string of the molecule is CCCCCC(=O)NCCN(C(C)OC(C)C(=O)O)C(C)C(=O)O.[H-].[H-].[Na+].[Na+]. The molecule has 3 atom stereocenters. The molecule has 0 saturated heterocycles. The molecule has 1 amide bonds. The van der Waals surface area contributed by atoms with Crippen molar-refractivity contribution in [2.24, 2.45) is 0 Å². The van der Waals surface area contributed by atoms with Gasteiger partial charge in [0.1, 0.15) is 12.3 Å². The van der Waals surface area contributed by atoms with Gasteiger partial charge in [0.25, 0.3) is 0 Å². The third-order valence-corrected chi connectivity index (χ3v) is 3.77. The van der Waals surface area contributed by atoms with E-state index in [-0.39, 0.29) is 81.0 Å². The zero-order chi connectivity index (χ0) is 18.7. The maximum absolute atomic E-state index is 11.7. The van der Waals surface area contributed by atoms with Gasteiger partial charge in [0, 0.05) is 19.5 Å². The van der Waals surface area contributed by atoms with E-state index in [4.69, 9.17) is 9.84 Å². The molecule has 0 aliphatic carbocycles. The number of nitrogens with zero attached hydrogens (tertiary/aromatic N) is 1. The standard InChI is InChI=1S/C16H30N2O6.2Na.2H/c1-5-6-7-8-14(19)17-9-10-18(11(2)15(20)21)13(4)24-12(3)16(22)23;;;;/h11-13H,5-10H2,1-4H3,(H,17,19)(H,20,21)(H,22,23);;;;/q;2*+1;2*-1. The van der Waals surface area contributed by atoms with Crippen LogP contribution in [0.4, 0.5) is 0 Å². The first kappa shape index (κ1) is 31.0. The van der Waals surface area contributed by atoms with Crippen molar-refractivity contribution >= 4 is 17.8 Å². The van der Waals surface area contributed by atoms with Crippen LogP contribution in [0.25, 0.3) is 0 Å². The van der Waals surface area contributed by atoms with Crippen LogP contribution in [0.5, 0.6) is 0 Å². The van der Waals surface area contributed by atoms with E-state index in [1.165, 1.54) is 18.7 Å². The zero-order valence-electron chi connectivity index (χ0n) is 18.9. The van der Waals surface area contributed by atoms with Crippen LogP contribution in [0.2, 0.25) is 0 Å². The van der Waals surface area contributed by atoms with Crippen LogP contribution in [-0.4, -0.2) is 64.4 Å². The Hall–Kier alpha value is 0.330.